The van der Waals surface area contributed by atoms with Crippen molar-refractivity contribution in [3.8, 4) is 0 Å². The molecule has 1 N–H and O–H groups in total. The summed E-state index contributed by atoms with van der Waals surface area (Å²) in [5.41, 5.74) is 2.54. The van der Waals surface area contributed by atoms with Gasteiger partial charge in [0.25, 0.3) is 5.91 Å². The van der Waals surface area contributed by atoms with E-state index in [2.05, 4.69) is 53.1 Å². The summed E-state index contributed by atoms with van der Waals surface area (Å²) in [5, 5.41) is 2.90. The Labute approximate surface area is 127 Å². The molecule has 0 atom stereocenters. The number of carbonyl (C=O) groups is 1. The third-order valence-electron chi connectivity index (χ3n) is 2.99. The number of carbonyl (C=O) groups excluding carboxylic acids is 1. The summed E-state index contributed by atoms with van der Waals surface area (Å²) in [6.07, 6.45) is 1.64. The molecule has 1 heterocycles. The van der Waals surface area contributed by atoms with Crippen LogP contribution < -0.4 is 5.32 Å². The van der Waals surface area contributed by atoms with Crippen molar-refractivity contribution in [2.75, 3.05) is 5.32 Å². The molecule has 3 nitrogen and oxygen atoms in total. The fourth-order valence-corrected chi connectivity index (χ4v) is 2.25. The summed E-state index contributed by atoms with van der Waals surface area (Å²) in [6.45, 7) is 6.43. The zero-order valence-electron chi connectivity index (χ0n) is 11.8. The summed E-state index contributed by atoms with van der Waals surface area (Å²) in [5.74, 6) is -0.170. The van der Waals surface area contributed by atoms with Gasteiger partial charge < -0.3 is 5.32 Å². The van der Waals surface area contributed by atoms with Gasteiger partial charge in [0.05, 0.1) is 5.56 Å². The van der Waals surface area contributed by atoms with Crippen LogP contribution in [0.5, 0.6) is 0 Å². The number of anilines is 1. The van der Waals surface area contributed by atoms with Gasteiger partial charge in [-0.05, 0) is 51.2 Å². The summed E-state index contributed by atoms with van der Waals surface area (Å²) in [6, 6.07) is 11.4. The lowest BCUT2D eigenvalue weighted by molar-refractivity contribution is 0.102. The minimum Gasteiger partial charge on any atom is -0.322 e. The van der Waals surface area contributed by atoms with Crippen molar-refractivity contribution in [3.05, 3.63) is 58.3 Å². The molecule has 1 aromatic heterocycles. The molecule has 0 aliphatic carbocycles. The fraction of sp³-hybridized carbons (Fsp3) is 0.250. The number of aromatic nitrogens is 1. The number of rotatable bonds is 2. The van der Waals surface area contributed by atoms with E-state index in [9.17, 15) is 4.79 Å². The van der Waals surface area contributed by atoms with Gasteiger partial charge in [0.2, 0.25) is 0 Å². The molecule has 0 fully saturated rings. The van der Waals surface area contributed by atoms with E-state index < -0.39 is 0 Å². The lowest BCUT2D eigenvalue weighted by Gasteiger charge is -2.19. The molecule has 104 valence electrons. The van der Waals surface area contributed by atoms with E-state index >= 15 is 0 Å². The van der Waals surface area contributed by atoms with Gasteiger partial charge in [-0.15, -0.1) is 0 Å². The monoisotopic (exact) mass is 332 g/mol. The Morgan fingerprint density at radius 1 is 1.20 bits per heavy atom. The van der Waals surface area contributed by atoms with E-state index in [0.717, 1.165) is 5.69 Å². The number of halogens is 1. The van der Waals surface area contributed by atoms with Gasteiger partial charge in [-0.25, -0.2) is 4.98 Å². The maximum absolute atomic E-state index is 12.2. The lowest BCUT2D eigenvalue weighted by Crippen LogP contribution is -2.15. The Morgan fingerprint density at radius 3 is 2.60 bits per heavy atom. The van der Waals surface area contributed by atoms with Gasteiger partial charge in [-0.1, -0.05) is 32.9 Å². The van der Waals surface area contributed by atoms with Crippen LogP contribution in [0.4, 0.5) is 5.69 Å². The number of benzene rings is 1. The van der Waals surface area contributed by atoms with Gasteiger partial charge >= 0.3 is 0 Å². The summed E-state index contributed by atoms with van der Waals surface area (Å²) in [7, 11) is 0. The first kappa shape index (κ1) is 14.7. The third-order valence-corrected chi connectivity index (χ3v) is 3.62. The summed E-state index contributed by atoms with van der Waals surface area (Å²) >= 11 is 3.28. The van der Waals surface area contributed by atoms with E-state index in [1.807, 2.05) is 18.2 Å². The molecule has 1 aromatic carbocycles. The Balaban J connectivity index is 2.23. The molecule has 0 aliphatic rings. The number of hydrogen-bond donors (Lipinski definition) is 1. The molecule has 0 saturated heterocycles. The number of nitrogens with one attached hydrogen (secondary N) is 1. The predicted octanol–water partition coefficient (Wildman–Crippen LogP) is 4.39. The average molecular weight is 333 g/mol. The summed E-state index contributed by atoms with van der Waals surface area (Å²) in [4.78, 5) is 16.3. The van der Waals surface area contributed by atoms with Crippen molar-refractivity contribution in [1.29, 1.82) is 0 Å². The van der Waals surface area contributed by atoms with Crippen molar-refractivity contribution in [2.24, 2.45) is 0 Å². The fourth-order valence-electron chi connectivity index (χ4n) is 1.82. The maximum atomic E-state index is 12.2. The van der Waals surface area contributed by atoms with E-state index in [0.29, 0.717) is 10.2 Å². The molecule has 0 saturated carbocycles. The first-order valence-corrected chi connectivity index (χ1v) is 7.19. The molecule has 0 aliphatic heterocycles. The van der Waals surface area contributed by atoms with Gasteiger partial charge in [0.1, 0.15) is 4.60 Å². The van der Waals surface area contributed by atoms with E-state index in [1.54, 1.807) is 18.3 Å². The molecule has 4 heteroatoms. The SMILES string of the molecule is CC(C)(C)c1cccc(NC(=O)c2cccnc2Br)c1. The van der Waals surface area contributed by atoms with Crippen LogP contribution >= 0.6 is 15.9 Å². The number of hydrogen-bond acceptors (Lipinski definition) is 2. The normalized spacial score (nSPS) is 11.2. The second kappa shape index (κ2) is 5.75. The highest BCUT2D eigenvalue weighted by molar-refractivity contribution is 9.10. The zero-order valence-corrected chi connectivity index (χ0v) is 13.4. The second-order valence-corrected chi connectivity index (χ2v) is 6.38. The van der Waals surface area contributed by atoms with Crippen LogP contribution in [-0.2, 0) is 5.41 Å². The highest BCUT2D eigenvalue weighted by Gasteiger charge is 2.15. The smallest absolute Gasteiger partial charge is 0.258 e. The second-order valence-electron chi connectivity index (χ2n) is 5.63. The van der Waals surface area contributed by atoms with Crippen molar-refractivity contribution >= 4 is 27.5 Å². The van der Waals surface area contributed by atoms with Crippen molar-refractivity contribution in [2.45, 2.75) is 26.2 Å². The zero-order chi connectivity index (χ0) is 14.8. The molecular formula is C16H17BrN2O. The number of nitrogens with zero attached hydrogens (tertiary/aromatic N) is 1. The summed E-state index contributed by atoms with van der Waals surface area (Å²) < 4.78 is 0.546. The molecular weight excluding hydrogens is 316 g/mol. The number of amides is 1. The Morgan fingerprint density at radius 2 is 1.95 bits per heavy atom. The molecule has 1 amide bonds. The number of pyridine rings is 1. The van der Waals surface area contributed by atoms with E-state index in [4.69, 9.17) is 0 Å². The predicted molar refractivity (Wildman–Crippen MR) is 85.0 cm³/mol. The largest absolute Gasteiger partial charge is 0.322 e. The standard InChI is InChI=1S/C16H17BrN2O/c1-16(2,3)11-6-4-7-12(10-11)19-15(20)13-8-5-9-18-14(13)17/h4-10H,1-3H3,(H,19,20). The minimum absolute atomic E-state index is 0.0512. The first-order chi connectivity index (χ1) is 9.38. The van der Waals surface area contributed by atoms with Crippen LogP contribution in [0.3, 0.4) is 0 Å². The van der Waals surface area contributed by atoms with E-state index in [1.165, 1.54) is 5.56 Å². The van der Waals surface area contributed by atoms with Crippen LogP contribution in [0.25, 0.3) is 0 Å². The van der Waals surface area contributed by atoms with Crippen LogP contribution in [0.15, 0.2) is 47.2 Å². The highest BCUT2D eigenvalue weighted by Crippen LogP contribution is 2.25. The molecule has 20 heavy (non-hydrogen) atoms. The quantitative estimate of drug-likeness (QED) is 0.828. The molecule has 2 aromatic rings. The lowest BCUT2D eigenvalue weighted by atomic mass is 9.87. The van der Waals surface area contributed by atoms with E-state index in [-0.39, 0.29) is 11.3 Å². The van der Waals surface area contributed by atoms with Crippen LogP contribution in [-0.4, -0.2) is 10.9 Å². The Bertz CT molecular complexity index is 632. The van der Waals surface area contributed by atoms with Crippen molar-refractivity contribution in [1.82, 2.24) is 4.98 Å². The topological polar surface area (TPSA) is 42.0 Å². The van der Waals surface area contributed by atoms with Gasteiger partial charge in [0, 0.05) is 11.9 Å². The van der Waals surface area contributed by atoms with Gasteiger partial charge in [-0.3, -0.25) is 4.79 Å². The first-order valence-electron chi connectivity index (χ1n) is 6.40. The van der Waals surface area contributed by atoms with Crippen LogP contribution in [0.1, 0.15) is 36.7 Å². The van der Waals surface area contributed by atoms with Gasteiger partial charge in [0.15, 0.2) is 0 Å². The molecule has 0 radical (unpaired) electrons. The van der Waals surface area contributed by atoms with Crippen molar-refractivity contribution < 1.29 is 4.79 Å². The minimum atomic E-state index is -0.170. The Kier molecular flexibility index (Phi) is 4.23. The average Bonchev–Trinajstić information content (AvgIpc) is 2.38. The highest BCUT2D eigenvalue weighted by atomic mass is 79.9. The van der Waals surface area contributed by atoms with Crippen molar-refractivity contribution in [3.63, 3.8) is 0 Å². The third kappa shape index (κ3) is 3.45. The van der Waals surface area contributed by atoms with Crippen LogP contribution in [0.2, 0.25) is 0 Å². The molecule has 0 unspecified atom stereocenters. The van der Waals surface area contributed by atoms with Gasteiger partial charge in [-0.2, -0.15) is 0 Å². The maximum Gasteiger partial charge on any atom is 0.258 e. The molecule has 0 spiro atoms. The molecule has 2 rings (SSSR count). The Hall–Kier alpha value is -1.68. The van der Waals surface area contributed by atoms with Crippen LogP contribution in [0, 0.1) is 0 Å². The molecule has 0 bridgehead atoms.